The van der Waals surface area contributed by atoms with E-state index < -0.39 is 20.7 Å². The molecular formula is C12H14ClFN4O2S. The lowest BCUT2D eigenvalue weighted by atomic mass is 10.2. The number of halogens is 2. The van der Waals surface area contributed by atoms with Gasteiger partial charge in [0.05, 0.1) is 6.54 Å². The Kier molecular flexibility index (Phi) is 4.62. The minimum atomic E-state index is -4.06. The summed E-state index contributed by atoms with van der Waals surface area (Å²) < 4.78 is 42.4. The molecular weight excluding hydrogens is 319 g/mol. The summed E-state index contributed by atoms with van der Waals surface area (Å²) in [6.07, 6.45) is 3.21. The van der Waals surface area contributed by atoms with Gasteiger partial charge in [-0.15, -0.1) is 0 Å². The van der Waals surface area contributed by atoms with Crippen molar-refractivity contribution in [2.75, 3.05) is 0 Å². The monoisotopic (exact) mass is 332 g/mol. The quantitative estimate of drug-likeness (QED) is 0.859. The maximum Gasteiger partial charge on any atom is 0.243 e. The predicted molar refractivity (Wildman–Crippen MR) is 76.5 cm³/mol. The van der Waals surface area contributed by atoms with Crippen LogP contribution in [0.15, 0.2) is 29.4 Å². The van der Waals surface area contributed by atoms with Crippen LogP contribution < -0.4 is 10.5 Å². The highest BCUT2D eigenvalue weighted by Crippen LogP contribution is 2.23. The maximum atomic E-state index is 14.1. The molecule has 0 radical (unpaired) electrons. The molecule has 2 rings (SSSR count). The summed E-state index contributed by atoms with van der Waals surface area (Å²) in [7, 11) is -2.33. The van der Waals surface area contributed by atoms with Crippen molar-refractivity contribution in [2.45, 2.75) is 18.0 Å². The molecule has 0 saturated carbocycles. The number of hydrogen-bond acceptors (Lipinski definition) is 4. The van der Waals surface area contributed by atoms with Crippen molar-refractivity contribution in [2.24, 2.45) is 12.8 Å². The lowest BCUT2D eigenvalue weighted by molar-refractivity contribution is 0.548. The minimum absolute atomic E-state index is 0.0415. The summed E-state index contributed by atoms with van der Waals surface area (Å²) >= 11 is 5.80. The first-order valence-corrected chi connectivity index (χ1v) is 7.85. The lowest BCUT2D eigenvalue weighted by Crippen LogP contribution is -2.26. The van der Waals surface area contributed by atoms with Gasteiger partial charge in [-0.2, -0.15) is 0 Å². The fourth-order valence-electron chi connectivity index (χ4n) is 1.77. The molecule has 0 aliphatic rings. The first-order chi connectivity index (χ1) is 9.85. The van der Waals surface area contributed by atoms with Gasteiger partial charge in [0.1, 0.15) is 16.5 Å². The zero-order valence-electron chi connectivity index (χ0n) is 11.2. The van der Waals surface area contributed by atoms with Crippen LogP contribution in [-0.2, 0) is 30.2 Å². The summed E-state index contributed by atoms with van der Waals surface area (Å²) in [5.41, 5.74) is 5.42. The van der Waals surface area contributed by atoms with E-state index in [1.807, 2.05) is 0 Å². The second-order valence-electron chi connectivity index (χ2n) is 4.36. The van der Waals surface area contributed by atoms with E-state index in [0.29, 0.717) is 5.82 Å². The predicted octanol–water partition coefficient (Wildman–Crippen LogP) is 1.15. The van der Waals surface area contributed by atoms with E-state index in [-0.39, 0.29) is 23.7 Å². The van der Waals surface area contributed by atoms with Gasteiger partial charge in [0.15, 0.2) is 0 Å². The Morgan fingerprint density at radius 3 is 2.76 bits per heavy atom. The van der Waals surface area contributed by atoms with Gasteiger partial charge in [0.2, 0.25) is 10.0 Å². The van der Waals surface area contributed by atoms with E-state index in [9.17, 15) is 12.8 Å². The van der Waals surface area contributed by atoms with Gasteiger partial charge in [-0.3, -0.25) is 0 Å². The highest BCUT2D eigenvalue weighted by atomic mass is 35.5. The summed E-state index contributed by atoms with van der Waals surface area (Å²) in [6.45, 7) is -0.204. The molecule has 0 bridgehead atoms. The zero-order valence-corrected chi connectivity index (χ0v) is 12.7. The van der Waals surface area contributed by atoms with E-state index in [0.717, 1.165) is 6.07 Å². The van der Waals surface area contributed by atoms with Gasteiger partial charge < -0.3 is 10.3 Å². The maximum absolute atomic E-state index is 14.1. The molecule has 1 heterocycles. The lowest BCUT2D eigenvalue weighted by Gasteiger charge is -2.10. The van der Waals surface area contributed by atoms with Crippen LogP contribution in [0, 0.1) is 5.82 Å². The molecule has 0 aliphatic heterocycles. The standard InChI is InChI=1S/C12H14ClFN4O2S/c1-18-3-2-16-11(18)7-17-21(19,20)10-5-9(13)4-8(6-15)12(10)14/h2-5,17H,6-7,15H2,1H3. The summed E-state index contributed by atoms with van der Waals surface area (Å²) in [4.78, 5) is 3.46. The number of imidazole rings is 1. The number of hydrogen-bond donors (Lipinski definition) is 2. The molecule has 2 aromatic rings. The molecule has 1 aromatic carbocycles. The first-order valence-electron chi connectivity index (χ1n) is 5.99. The number of benzene rings is 1. The molecule has 0 fully saturated rings. The van der Waals surface area contributed by atoms with Crippen molar-refractivity contribution < 1.29 is 12.8 Å². The fourth-order valence-corrected chi connectivity index (χ4v) is 3.20. The van der Waals surface area contributed by atoms with Crippen LogP contribution in [0.25, 0.3) is 0 Å². The summed E-state index contributed by atoms with van der Waals surface area (Å²) in [6, 6.07) is 2.35. The van der Waals surface area contributed by atoms with Gasteiger partial charge in [-0.05, 0) is 12.1 Å². The van der Waals surface area contributed by atoms with Crippen LogP contribution in [0.5, 0.6) is 0 Å². The van der Waals surface area contributed by atoms with Gasteiger partial charge in [-0.1, -0.05) is 11.6 Å². The average Bonchev–Trinajstić information content (AvgIpc) is 2.84. The molecule has 0 spiro atoms. The average molecular weight is 333 g/mol. The fraction of sp³-hybridized carbons (Fsp3) is 0.250. The third kappa shape index (κ3) is 3.41. The molecule has 9 heteroatoms. The van der Waals surface area contributed by atoms with E-state index in [2.05, 4.69) is 9.71 Å². The van der Waals surface area contributed by atoms with Crippen molar-refractivity contribution in [1.82, 2.24) is 14.3 Å². The molecule has 6 nitrogen and oxygen atoms in total. The van der Waals surface area contributed by atoms with Crippen molar-refractivity contribution in [3.05, 3.63) is 46.8 Å². The molecule has 0 amide bonds. The topological polar surface area (TPSA) is 90.0 Å². The van der Waals surface area contributed by atoms with Crippen molar-refractivity contribution >= 4 is 21.6 Å². The number of nitrogens with one attached hydrogen (secondary N) is 1. The number of rotatable bonds is 5. The number of nitrogens with two attached hydrogens (primary N) is 1. The van der Waals surface area contributed by atoms with E-state index >= 15 is 0 Å². The molecule has 21 heavy (non-hydrogen) atoms. The highest BCUT2D eigenvalue weighted by Gasteiger charge is 2.22. The van der Waals surface area contributed by atoms with Gasteiger partial charge >= 0.3 is 0 Å². The second kappa shape index (κ2) is 6.10. The minimum Gasteiger partial charge on any atom is -0.337 e. The largest absolute Gasteiger partial charge is 0.337 e. The third-order valence-corrected chi connectivity index (χ3v) is 4.55. The summed E-state index contributed by atoms with van der Waals surface area (Å²) in [5, 5.41) is 0.106. The Hall–Kier alpha value is -1.48. The van der Waals surface area contributed by atoms with Crippen LogP contribution in [-0.4, -0.2) is 18.0 Å². The van der Waals surface area contributed by atoms with E-state index in [1.54, 1.807) is 17.8 Å². The SMILES string of the molecule is Cn1ccnc1CNS(=O)(=O)c1cc(Cl)cc(CN)c1F. The molecule has 1 aromatic heterocycles. The molecule has 0 unspecified atom stereocenters. The Labute approximate surface area is 126 Å². The molecule has 114 valence electrons. The number of aryl methyl sites for hydroxylation is 1. The molecule has 0 aliphatic carbocycles. The Balaban J connectivity index is 2.32. The third-order valence-electron chi connectivity index (χ3n) is 2.93. The first kappa shape index (κ1) is 15.9. The highest BCUT2D eigenvalue weighted by molar-refractivity contribution is 7.89. The van der Waals surface area contributed by atoms with Gasteiger partial charge in [-0.25, -0.2) is 22.5 Å². The van der Waals surface area contributed by atoms with E-state index in [1.165, 1.54) is 12.3 Å². The second-order valence-corrected chi connectivity index (χ2v) is 6.53. The van der Waals surface area contributed by atoms with Crippen LogP contribution in [0.2, 0.25) is 5.02 Å². The Morgan fingerprint density at radius 1 is 1.48 bits per heavy atom. The number of nitrogens with zero attached hydrogens (tertiary/aromatic N) is 2. The normalized spacial score (nSPS) is 11.8. The van der Waals surface area contributed by atoms with Crippen molar-refractivity contribution in [3.8, 4) is 0 Å². The van der Waals surface area contributed by atoms with Crippen molar-refractivity contribution in [1.29, 1.82) is 0 Å². The Morgan fingerprint density at radius 2 is 2.19 bits per heavy atom. The molecule has 3 N–H and O–H groups in total. The van der Waals surface area contributed by atoms with Crippen LogP contribution >= 0.6 is 11.6 Å². The van der Waals surface area contributed by atoms with Gasteiger partial charge in [0, 0.05) is 36.6 Å². The van der Waals surface area contributed by atoms with Crippen LogP contribution in [0.4, 0.5) is 4.39 Å². The van der Waals surface area contributed by atoms with Gasteiger partial charge in [0.25, 0.3) is 0 Å². The van der Waals surface area contributed by atoms with E-state index in [4.69, 9.17) is 17.3 Å². The zero-order chi connectivity index (χ0) is 15.6. The molecule has 0 saturated heterocycles. The molecule has 0 atom stereocenters. The van der Waals surface area contributed by atoms with Crippen LogP contribution in [0.3, 0.4) is 0 Å². The smallest absolute Gasteiger partial charge is 0.243 e. The summed E-state index contributed by atoms with van der Waals surface area (Å²) in [5.74, 6) is -0.394. The number of sulfonamides is 1. The Bertz CT molecular complexity index is 761. The van der Waals surface area contributed by atoms with Crippen molar-refractivity contribution in [3.63, 3.8) is 0 Å². The van der Waals surface area contributed by atoms with Crippen LogP contribution in [0.1, 0.15) is 11.4 Å². The number of aromatic nitrogens is 2.